The third kappa shape index (κ3) is 5.45. The molecule has 3 rings (SSSR count). The average Bonchev–Trinajstić information content (AvgIpc) is 3.20. The summed E-state index contributed by atoms with van der Waals surface area (Å²) in [7, 11) is 4.09. The van der Waals surface area contributed by atoms with E-state index in [4.69, 9.17) is 4.74 Å². The van der Waals surface area contributed by atoms with E-state index in [2.05, 4.69) is 15.3 Å². The van der Waals surface area contributed by atoms with Crippen molar-refractivity contribution in [2.24, 2.45) is 5.10 Å². The molecule has 30 heavy (non-hydrogen) atoms. The number of rotatable bonds is 8. The molecule has 0 aliphatic carbocycles. The van der Waals surface area contributed by atoms with E-state index in [-0.39, 0.29) is 24.6 Å². The van der Waals surface area contributed by atoms with Crippen molar-refractivity contribution in [2.75, 3.05) is 37.6 Å². The second-order valence-electron chi connectivity index (χ2n) is 7.41. The van der Waals surface area contributed by atoms with Gasteiger partial charge in [0.25, 0.3) is 0 Å². The number of anilines is 2. The highest BCUT2D eigenvalue weighted by Crippen LogP contribution is 2.26. The Labute approximate surface area is 177 Å². The summed E-state index contributed by atoms with van der Waals surface area (Å²) in [5.74, 6) is -0.707. The Morgan fingerprint density at radius 1 is 1.13 bits per heavy atom. The minimum atomic E-state index is -0.625. The van der Waals surface area contributed by atoms with Gasteiger partial charge in [-0.15, -0.1) is 0 Å². The van der Waals surface area contributed by atoms with Gasteiger partial charge in [0.05, 0.1) is 12.3 Å². The summed E-state index contributed by atoms with van der Waals surface area (Å²) in [5.41, 5.74) is 2.92. The van der Waals surface area contributed by atoms with E-state index in [1.807, 2.05) is 68.7 Å². The largest absolute Gasteiger partial charge is 0.461 e. The van der Waals surface area contributed by atoms with E-state index in [0.717, 1.165) is 18.7 Å². The van der Waals surface area contributed by atoms with Crippen LogP contribution in [0.5, 0.6) is 0 Å². The summed E-state index contributed by atoms with van der Waals surface area (Å²) in [4.78, 5) is 27.4. The molecule has 0 bridgehead atoms. The van der Waals surface area contributed by atoms with Crippen LogP contribution >= 0.6 is 0 Å². The minimum absolute atomic E-state index is 0.195. The van der Waals surface area contributed by atoms with Crippen LogP contribution in [0.25, 0.3) is 0 Å². The second kappa shape index (κ2) is 10.0. The SMILES string of the molecule is CCOC(=O)C1=NN(c2ccccc2)C(C(=O)Nc2ccc(CCN(C)C)cc2)C1. The lowest BCUT2D eigenvalue weighted by molar-refractivity contribution is -0.135. The maximum atomic E-state index is 13.0. The summed E-state index contributed by atoms with van der Waals surface area (Å²) >= 11 is 0. The first kappa shape index (κ1) is 21.5. The van der Waals surface area contributed by atoms with Gasteiger partial charge in [0.1, 0.15) is 11.8 Å². The molecule has 1 aliphatic rings. The highest BCUT2D eigenvalue weighted by molar-refractivity contribution is 6.38. The molecule has 1 N–H and O–H groups in total. The van der Waals surface area contributed by atoms with Crippen LogP contribution in [-0.2, 0) is 20.7 Å². The smallest absolute Gasteiger partial charge is 0.354 e. The Balaban J connectivity index is 1.72. The van der Waals surface area contributed by atoms with E-state index in [1.54, 1.807) is 11.9 Å². The van der Waals surface area contributed by atoms with Crippen LogP contribution in [0.2, 0.25) is 0 Å². The molecule has 0 saturated carbocycles. The minimum Gasteiger partial charge on any atom is -0.461 e. The van der Waals surface area contributed by atoms with Crippen LogP contribution in [0.4, 0.5) is 11.4 Å². The van der Waals surface area contributed by atoms with Gasteiger partial charge in [0, 0.05) is 18.7 Å². The normalized spacial score (nSPS) is 15.8. The third-order valence-corrected chi connectivity index (χ3v) is 4.81. The summed E-state index contributed by atoms with van der Waals surface area (Å²) in [5, 5.41) is 8.93. The van der Waals surface area contributed by atoms with Crippen LogP contribution in [0.1, 0.15) is 18.9 Å². The van der Waals surface area contributed by atoms with Crippen molar-refractivity contribution in [1.29, 1.82) is 0 Å². The van der Waals surface area contributed by atoms with Gasteiger partial charge in [0.2, 0.25) is 5.91 Å². The Morgan fingerprint density at radius 3 is 2.47 bits per heavy atom. The van der Waals surface area contributed by atoms with Gasteiger partial charge in [0.15, 0.2) is 0 Å². The zero-order valence-corrected chi connectivity index (χ0v) is 17.7. The molecule has 0 saturated heterocycles. The Kier molecular flexibility index (Phi) is 7.19. The Hall–Kier alpha value is -3.19. The molecular weight excluding hydrogens is 380 g/mol. The number of amides is 1. The molecule has 2 aromatic rings. The second-order valence-corrected chi connectivity index (χ2v) is 7.41. The molecule has 1 unspecified atom stereocenters. The van der Waals surface area contributed by atoms with Gasteiger partial charge in [-0.3, -0.25) is 9.80 Å². The predicted molar refractivity (Wildman–Crippen MR) is 119 cm³/mol. The number of nitrogens with zero attached hydrogens (tertiary/aromatic N) is 3. The summed E-state index contributed by atoms with van der Waals surface area (Å²) < 4.78 is 5.08. The van der Waals surface area contributed by atoms with Crippen LogP contribution in [-0.4, -0.2) is 55.8 Å². The predicted octanol–water partition coefficient (Wildman–Crippen LogP) is 2.93. The van der Waals surface area contributed by atoms with E-state index in [0.29, 0.717) is 5.69 Å². The average molecular weight is 409 g/mol. The van der Waals surface area contributed by atoms with Crippen LogP contribution in [0, 0.1) is 0 Å². The fourth-order valence-electron chi connectivity index (χ4n) is 3.20. The number of para-hydroxylation sites is 1. The highest BCUT2D eigenvalue weighted by Gasteiger charge is 2.36. The molecule has 1 amide bonds. The number of benzene rings is 2. The summed E-state index contributed by atoms with van der Waals surface area (Å²) in [6.45, 7) is 2.97. The van der Waals surface area contributed by atoms with Gasteiger partial charge < -0.3 is 15.0 Å². The fraction of sp³-hybridized carbons (Fsp3) is 0.348. The molecule has 158 valence electrons. The molecule has 7 nitrogen and oxygen atoms in total. The number of hydrazone groups is 1. The van der Waals surface area contributed by atoms with Crippen molar-refractivity contribution in [3.63, 3.8) is 0 Å². The molecule has 7 heteroatoms. The van der Waals surface area contributed by atoms with Crippen molar-refractivity contribution in [2.45, 2.75) is 25.8 Å². The van der Waals surface area contributed by atoms with Gasteiger partial charge in [-0.2, -0.15) is 5.10 Å². The standard InChI is InChI=1S/C23H28N4O3/c1-4-30-23(29)20-16-21(27(25-20)19-8-6-5-7-9-19)22(28)24-18-12-10-17(11-13-18)14-15-26(2)3/h5-13,21H,4,14-16H2,1-3H3,(H,24,28). The van der Waals surface area contributed by atoms with Crippen LogP contribution in [0.3, 0.4) is 0 Å². The molecule has 1 atom stereocenters. The summed E-state index contributed by atoms with van der Waals surface area (Å²) in [6.07, 6.45) is 1.14. The summed E-state index contributed by atoms with van der Waals surface area (Å²) in [6, 6.07) is 16.6. The lowest BCUT2D eigenvalue weighted by Gasteiger charge is -2.22. The zero-order chi connectivity index (χ0) is 21.5. The Morgan fingerprint density at radius 2 is 1.83 bits per heavy atom. The highest BCUT2D eigenvalue weighted by atomic mass is 16.5. The zero-order valence-electron chi connectivity index (χ0n) is 17.7. The van der Waals surface area contributed by atoms with Crippen molar-refractivity contribution < 1.29 is 14.3 Å². The van der Waals surface area contributed by atoms with Crippen molar-refractivity contribution in [1.82, 2.24) is 4.90 Å². The third-order valence-electron chi connectivity index (χ3n) is 4.81. The quantitative estimate of drug-likeness (QED) is 0.680. The molecule has 0 radical (unpaired) electrons. The van der Waals surface area contributed by atoms with Gasteiger partial charge >= 0.3 is 5.97 Å². The van der Waals surface area contributed by atoms with E-state index >= 15 is 0 Å². The molecule has 0 spiro atoms. The lowest BCUT2D eigenvalue weighted by Crippen LogP contribution is -2.38. The van der Waals surface area contributed by atoms with Gasteiger partial charge in [-0.05, 0) is 57.3 Å². The number of hydrogen-bond donors (Lipinski definition) is 1. The van der Waals surface area contributed by atoms with Crippen molar-refractivity contribution >= 4 is 29.0 Å². The van der Waals surface area contributed by atoms with Gasteiger partial charge in [-0.1, -0.05) is 30.3 Å². The lowest BCUT2D eigenvalue weighted by atomic mass is 10.1. The van der Waals surface area contributed by atoms with Crippen molar-refractivity contribution in [3.05, 3.63) is 60.2 Å². The van der Waals surface area contributed by atoms with Gasteiger partial charge in [-0.25, -0.2) is 4.79 Å². The molecular formula is C23H28N4O3. The first-order valence-electron chi connectivity index (χ1n) is 10.1. The molecule has 2 aromatic carbocycles. The maximum absolute atomic E-state index is 13.0. The van der Waals surface area contributed by atoms with E-state index in [1.165, 1.54) is 5.56 Å². The topological polar surface area (TPSA) is 74.2 Å². The van der Waals surface area contributed by atoms with Crippen LogP contribution < -0.4 is 10.3 Å². The first-order chi connectivity index (χ1) is 14.5. The number of nitrogens with one attached hydrogen (secondary N) is 1. The first-order valence-corrected chi connectivity index (χ1v) is 10.1. The monoisotopic (exact) mass is 408 g/mol. The molecule has 1 aliphatic heterocycles. The number of carbonyl (C=O) groups excluding carboxylic acids is 2. The van der Waals surface area contributed by atoms with Crippen LogP contribution in [0.15, 0.2) is 59.7 Å². The molecule has 0 aromatic heterocycles. The Bertz CT molecular complexity index is 894. The number of carbonyl (C=O) groups is 2. The fourth-order valence-corrected chi connectivity index (χ4v) is 3.20. The number of hydrogen-bond acceptors (Lipinski definition) is 6. The number of esters is 1. The number of ether oxygens (including phenoxy) is 1. The maximum Gasteiger partial charge on any atom is 0.354 e. The van der Waals surface area contributed by atoms with E-state index in [9.17, 15) is 9.59 Å². The molecule has 1 heterocycles. The van der Waals surface area contributed by atoms with E-state index < -0.39 is 12.0 Å². The van der Waals surface area contributed by atoms with Crippen molar-refractivity contribution in [3.8, 4) is 0 Å². The molecule has 0 fully saturated rings. The number of likely N-dealkylation sites (N-methyl/N-ethyl adjacent to an activating group) is 1.